The summed E-state index contributed by atoms with van der Waals surface area (Å²) < 4.78 is 0. The number of unbranched alkanes of at least 4 members (excludes halogenated alkanes) is 35. The zero-order valence-electron chi connectivity index (χ0n) is 43.4. The minimum Gasteiger partial charge on any atom is -0.394 e. The monoisotopic (exact) mass is 910 g/mol. The van der Waals surface area contributed by atoms with Gasteiger partial charge in [0.2, 0.25) is 5.91 Å². The molecule has 0 heterocycles. The van der Waals surface area contributed by atoms with Gasteiger partial charge in [0.25, 0.3) is 0 Å². The van der Waals surface area contributed by atoms with Crippen molar-refractivity contribution in [1.82, 2.24) is 5.32 Å². The van der Waals surface area contributed by atoms with E-state index in [1.165, 1.54) is 218 Å². The second kappa shape index (κ2) is 54.7. The summed E-state index contributed by atoms with van der Waals surface area (Å²) in [6.07, 6.45) is 74.1. The molecular weight excluding hydrogens is 799 g/mol. The van der Waals surface area contributed by atoms with E-state index in [9.17, 15) is 20.1 Å². The van der Waals surface area contributed by atoms with E-state index in [0.29, 0.717) is 6.42 Å². The molecule has 0 aliphatic carbocycles. The maximum Gasteiger partial charge on any atom is 0.222 e. The number of aliphatic hydroxyl groups is 3. The lowest BCUT2D eigenvalue weighted by molar-refractivity contribution is -0.124. The molecule has 4 N–H and O–H groups in total. The number of carbonyl (C=O) groups excluding carboxylic acids is 1. The van der Waals surface area contributed by atoms with Crippen LogP contribution in [-0.4, -0.2) is 46.1 Å². The normalized spacial score (nSPS) is 13.7. The van der Waals surface area contributed by atoms with Gasteiger partial charge in [0, 0.05) is 0 Å². The van der Waals surface area contributed by atoms with Gasteiger partial charge >= 0.3 is 0 Å². The van der Waals surface area contributed by atoms with Crippen molar-refractivity contribution in [3.8, 4) is 0 Å². The summed E-state index contributed by atoms with van der Waals surface area (Å²) in [5.41, 5.74) is 0. The van der Waals surface area contributed by atoms with Crippen molar-refractivity contribution in [3.05, 3.63) is 60.8 Å². The number of carbonyl (C=O) groups is 1. The van der Waals surface area contributed by atoms with Gasteiger partial charge in [-0.15, -0.1) is 0 Å². The molecule has 0 rings (SSSR count). The molecule has 5 heteroatoms. The van der Waals surface area contributed by atoms with Gasteiger partial charge in [-0.2, -0.15) is 0 Å². The molecule has 0 saturated carbocycles. The highest BCUT2D eigenvalue weighted by Gasteiger charge is 2.20. The zero-order valence-corrected chi connectivity index (χ0v) is 43.4. The fourth-order valence-electron chi connectivity index (χ4n) is 8.64. The molecule has 0 aromatic heterocycles. The van der Waals surface area contributed by atoms with Crippen LogP contribution < -0.4 is 5.32 Å². The minimum atomic E-state index is -0.964. The maximum atomic E-state index is 12.5. The third-order valence-electron chi connectivity index (χ3n) is 13.0. The molecule has 5 nitrogen and oxygen atoms in total. The van der Waals surface area contributed by atoms with Crippen LogP contribution in [0.4, 0.5) is 0 Å². The summed E-state index contributed by atoms with van der Waals surface area (Å²) >= 11 is 0. The number of allylic oxidation sites excluding steroid dienone is 9. The van der Waals surface area contributed by atoms with E-state index in [1.807, 2.05) is 6.08 Å². The van der Waals surface area contributed by atoms with Crippen LogP contribution in [0.5, 0.6) is 0 Å². The highest BCUT2D eigenvalue weighted by molar-refractivity contribution is 5.76. The van der Waals surface area contributed by atoms with Crippen molar-refractivity contribution >= 4 is 5.91 Å². The fourth-order valence-corrected chi connectivity index (χ4v) is 8.64. The summed E-state index contributed by atoms with van der Waals surface area (Å²) in [6, 6.07) is -0.772. The van der Waals surface area contributed by atoms with Crippen LogP contribution in [0, 0.1) is 0 Å². The first kappa shape index (κ1) is 63.0. The lowest BCUT2D eigenvalue weighted by Gasteiger charge is -2.21. The molecule has 0 aliphatic heterocycles. The highest BCUT2D eigenvalue weighted by atomic mass is 16.3. The first-order valence-corrected chi connectivity index (χ1v) is 28.6. The van der Waals surface area contributed by atoms with E-state index in [4.69, 9.17) is 0 Å². The Morgan fingerprint density at radius 2 is 0.708 bits per heavy atom. The quantitative estimate of drug-likeness (QED) is 0.0362. The Balaban J connectivity index is 3.65. The lowest BCUT2D eigenvalue weighted by atomic mass is 10.0. The number of nitrogens with one attached hydrogen (secondary N) is 1. The number of aliphatic hydroxyl groups excluding tert-OH is 3. The van der Waals surface area contributed by atoms with E-state index in [1.54, 1.807) is 6.08 Å². The van der Waals surface area contributed by atoms with Crippen molar-refractivity contribution in [2.75, 3.05) is 6.61 Å². The Bertz CT molecular complexity index is 1090. The van der Waals surface area contributed by atoms with Gasteiger partial charge in [-0.1, -0.05) is 267 Å². The van der Waals surface area contributed by atoms with Crippen LogP contribution >= 0.6 is 0 Å². The molecule has 0 aliphatic rings. The van der Waals surface area contributed by atoms with Gasteiger partial charge in [0.1, 0.15) is 0 Å². The van der Waals surface area contributed by atoms with Gasteiger partial charge in [-0.3, -0.25) is 4.79 Å². The third-order valence-corrected chi connectivity index (χ3v) is 13.0. The molecule has 380 valence electrons. The smallest absolute Gasteiger partial charge is 0.222 e. The summed E-state index contributed by atoms with van der Waals surface area (Å²) in [5, 5.41) is 33.4. The third kappa shape index (κ3) is 51.3. The first-order chi connectivity index (χ1) is 32.0. The molecule has 0 spiro atoms. The van der Waals surface area contributed by atoms with Crippen molar-refractivity contribution in [2.45, 2.75) is 308 Å². The SMILES string of the molecule is CCCCCCCCCCC/C=C\C/C=C\CCCCCCCCCCCCCC(O)CC(=O)NC(CO)C(O)/C=C/CC/C=C/CC/C=C/CCCCCCCCCCCCCCC. The second-order valence-corrected chi connectivity index (χ2v) is 19.5. The van der Waals surface area contributed by atoms with E-state index in [2.05, 4.69) is 67.8 Å². The Hall–Kier alpha value is -1.95. The molecular formula is C60H111NO4. The molecule has 65 heavy (non-hydrogen) atoms. The summed E-state index contributed by atoms with van der Waals surface area (Å²) in [7, 11) is 0. The van der Waals surface area contributed by atoms with Crippen molar-refractivity contribution in [2.24, 2.45) is 0 Å². The van der Waals surface area contributed by atoms with Crippen LogP contribution in [-0.2, 0) is 4.79 Å². The van der Waals surface area contributed by atoms with Crippen molar-refractivity contribution in [1.29, 1.82) is 0 Å². The van der Waals surface area contributed by atoms with Gasteiger partial charge in [-0.05, 0) is 77.0 Å². The highest BCUT2D eigenvalue weighted by Crippen LogP contribution is 2.16. The first-order valence-electron chi connectivity index (χ1n) is 28.6. The van der Waals surface area contributed by atoms with Gasteiger partial charge in [-0.25, -0.2) is 0 Å². The van der Waals surface area contributed by atoms with Crippen LogP contribution in [0.15, 0.2) is 60.8 Å². The molecule has 0 aromatic carbocycles. The molecule has 3 atom stereocenters. The fraction of sp³-hybridized carbons (Fsp3) is 0.817. The van der Waals surface area contributed by atoms with Crippen LogP contribution in [0.2, 0.25) is 0 Å². The van der Waals surface area contributed by atoms with Crippen LogP contribution in [0.25, 0.3) is 0 Å². The summed E-state index contributed by atoms with van der Waals surface area (Å²) in [6.45, 7) is 4.22. The standard InChI is InChI=1S/C60H111NO4/c1-3-5-7-9-11-13-15-17-19-21-23-25-27-28-29-30-32-33-35-37-39-41-43-45-47-49-51-53-57(63)55-60(65)61-58(56-62)59(64)54-52-50-48-46-44-42-40-38-36-34-31-26-24-22-20-18-16-14-12-10-8-6-4-2/h23,25,28-29,36,38,44,46,52,54,57-59,62-64H,3-22,24,26-27,30-35,37,39-43,45,47-51,53,55-56H2,1-2H3,(H,61,65)/b25-23-,29-28-,38-36+,46-44+,54-52+. The topological polar surface area (TPSA) is 89.8 Å². The Kier molecular flexibility index (Phi) is 53.0. The van der Waals surface area contributed by atoms with Gasteiger partial charge in [0.05, 0.1) is 31.3 Å². The number of hydrogen-bond donors (Lipinski definition) is 4. The molecule has 1 amide bonds. The van der Waals surface area contributed by atoms with E-state index >= 15 is 0 Å². The average Bonchev–Trinajstić information content (AvgIpc) is 3.30. The lowest BCUT2D eigenvalue weighted by Crippen LogP contribution is -2.45. The van der Waals surface area contributed by atoms with E-state index < -0.39 is 18.2 Å². The molecule has 0 saturated heterocycles. The summed E-state index contributed by atoms with van der Waals surface area (Å²) in [4.78, 5) is 12.5. The van der Waals surface area contributed by atoms with Gasteiger partial charge < -0.3 is 20.6 Å². The second-order valence-electron chi connectivity index (χ2n) is 19.5. The number of rotatable bonds is 52. The zero-order chi connectivity index (χ0) is 47.2. The van der Waals surface area contributed by atoms with Gasteiger partial charge in [0.15, 0.2) is 0 Å². The number of hydrogen-bond acceptors (Lipinski definition) is 4. The van der Waals surface area contributed by atoms with E-state index in [0.717, 1.165) is 44.9 Å². The predicted molar refractivity (Wildman–Crippen MR) is 287 cm³/mol. The Labute approximate surface area is 405 Å². The summed E-state index contributed by atoms with van der Waals surface area (Å²) in [5.74, 6) is -0.329. The number of amides is 1. The minimum absolute atomic E-state index is 0.000531. The molecule has 0 fully saturated rings. The van der Waals surface area contributed by atoms with Crippen LogP contribution in [0.1, 0.15) is 290 Å². The molecule has 0 aromatic rings. The van der Waals surface area contributed by atoms with Crippen LogP contribution in [0.3, 0.4) is 0 Å². The largest absolute Gasteiger partial charge is 0.394 e. The predicted octanol–water partition coefficient (Wildman–Crippen LogP) is 17.8. The van der Waals surface area contributed by atoms with Crippen molar-refractivity contribution < 1.29 is 20.1 Å². The Morgan fingerprint density at radius 1 is 0.400 bits per heavy atom. The Morgan fingerprint density at radius 3 is 1.08 bits per heavy atom. The molecule has 0 radical (unpaired) electrons. The average molecular weight is 911 g/mol. The van der Waals surface area contributed by atoms with Crippen molar-refractivity contribution in [3.63, 3.8) is 0 Å². The van der Waals surface area contributed by atoms with E-state index in [-0.39, 0.29) is 18.9 Å². The maximum absolute atomic E-state index is 12.5. The molecule has 0 bridgehead atoms. The molecule has 3 unspecified atom stereocenters.